The van der Waals surface area contributed by atoms with Gasteiger partial charge in [-0.25, -0.2) is 4.79 Å². The molecule has 0 N–H and O–H groups in total. The Morgan fingerprint density at radius 1 is 0.941 bits per heavy atom. The van der Waals surface area contributed by atoms with Crippen LogP contribution in [-0.2, 0) is 10.9 Å². The zero-order valence-electron chi connectivity index (χ0n) is 18.3. The van der Waals surface area contributed by atoms with E-state index in [0.29, 0.717) is 17.1 Å². The Morgan fingerprint density at radius 3 is 2.06 bits per heavy atom. The number of carbonyl (C=O) groups is 2. The number of aryl methyl sites for hydroxylation is 1. The maximum absolute atomic E-state index is 12.9. The molecule has 0 aliphatic carbocycles. The van der Waals surface area contributed by atoms with Crippen LogP contribution in [0.1, 0.15) is 44.6 Å². The van der Waals surface area contributed by atoms with Gasteiger partial charge in [-0.05, 0) is 75.4 Å². The van der Waals surface area contributed by atoms with Crippen LogP contribution < -0.4 is 4.74 Å². The molecule has 0 radical (unpaired) electrons. The molecule has 1 unspecified atom stereocenters. The van der Waals surface area contributed by atoms with Crippen molar-refractivity contribution < 1.29 is 41.0 Å². The molecule has 0 amide bonds. The number of hydrogen-bond donors (Lipinski definition) is 0. The molecule has 0 aliphatic heterocycles. The highest BCUT2D eigenvalue weighted by atomic mass is 19.4. The van der Waals surface area contributed by atoms with Crippen LogP contribution >= 0.6 is 0 Å². The van der Waals surface area contributed by atoms with Gasteiger partial charge in [-0.1, -0.05) is 0 Å². The minimum Gasteiger partial charge on any atom is -0.451 e. The summed E-state index contributed by atoms with van der Waals surface area (Å²) < 4.78 is 74.0. The third kappa shape index (κ3) is 5.44. The highest BCUT2D eigenvalue weighted by Crippen LogP contribution is 2.29. The van der Waals surface area contributed by atoms with Gasteiger partial charge in [0.05, 0.1) is 11.1 Å². The first-order valence-corrected chi connectivity index (χ1v) is 10.0. The molecule has 0 saturated heterocycles. The lowest BCUT2D eigenvalue weighted by atomic mass is 10.1. The molecular formula is C24H20F5NO4. The summed E-state index contributed by atoms with van der Waals surface area (Å²) in [5, 5.41) is 0. The lowest BCUT2D eigenvalue weighted by Crippen LogP contribution is -2.25. The summed E-state index contributed by atoms with van der Waals surface area (Å²) in [5.41, 5.74) is 1.05. The van der Waals surface area contributed by atoms with E-state index in [1.54, 1.807) is 36.6 Å². The maximum atomic E-state index is 12.9. The standard InChI is InChI=1S/C24H20F5NO4/c1-13-12-20(14(2)30(13)18-8-10-19(11-9-18)34-23(25)26)21(31)15(3)33-22(32)16-4-6-17(7-5-16)24(27,28)29/h4-12,15,23H,1-3H3. The van der Waals surface area contributed by atoms with E-state index < -0.39 is 36.2 Å². The monoisotopic (exact) mass is 481 g/mol. The largest absolute Gasteiger partial charge is 0.451 e. The molecule has 180 valence electrons. The van der Waals surface area contributed by atoms with Crippen LogP contribution in [0.2, 0.25) is 0 Å². The van der Waals surface area contributed by atoms with Crippen molar-refractivity contribution in [1.82, 2.24) is 4.57 Å². The number of rotatable bonds is 7. The summed E-state index contributed by atoms with van der Waals surface area (Å²) in [6, 6.07) is 10.9. The van der Waals surface area contributed by atoms with Gasteiger partial charge in [0.1, 0.15) is 5.75 Å². The number of halogens is 5. The van der Waals surface area contributed by atoms with Gasteiger partial charge >= 0.3 is 18.8 Å². The molecule has 1 aromatic heterocycles. The molecular weight excluding hydrogens is 461 g/mol. The molecule has 3 aromatic rings. The van der Waals surface area contributed by atoms with Crippen molar-refractivity contribution >= 4 is 11.8 Å². The van der Waals surface area contributed by atoms with Gasteiger partial charge in [-0.3, -0.25) is 4.79 Å². The number of Topliss-reactive ketones (excluding diaryl/α,β-unsaturated/α-hetero) is 1. The normalized spacial score (nSPS) is 12.5. The van der Waals surface area contributed by atoms with Crippen LogP contribution in [0.4, 0.5) is 22.0 Å². The zero-order valence-corrected chi connectivity index (χ0v) is 18.3. The van der Waals surface area contributed by atoms with Crippen molar-refractivity contribution in [2.24, 2.45) is 0 Å². The summed E-state index contributed by atoms with van der Waals surface area (Å²) in [5.74, 6) is -1.45. The number of ketones is 1. The molecule has 34 heavy (non-hydrogen) atoms. The molecule has 1 heterocycles. The van der Waals surface area contributed by atoms with E-state index in [1.165, 1.54) is 19.1 Å². The first kappa shape index (κ1) is 24.9. The maximum Gasteiger partial charge on any atom is 0.416 e. The van der Waals surface area contributed by atoms with Crippen molar-refractivity contribution in [3.63, 3.8) is 0 Å². The lowest BCUT2D eigenvalue weighted by Gasteiger charge is -2.14. The number of carbonyl (C=O) groups excluding carboxylic acids is 2. The molecule has 2 aromatic carbocycles. The summed E-state index contributed by atoms with van der Waals surface area (Å²) in [7, 11) is 0. The fourth-order valence-electron chi connectivity index (χ4n) is 3.48. The van der Waals surface area contributed by atoms with Gasteiger partial charge < -0.3 is 14.0 Å². The molecule has 3 rings (SSSR count). The Hall–Kier alpha value is -3.69. The van der Waals surface area contributed by atoms with Gasteiger partial charge in [-0.2, -0.15) is 22.0 Å². The third-order valence-corrected chi connectivity index (χ3v) is 5.12. The van der Waals surface area contributed by atoms with Crippen LogP contribution in [0, 0.1) is 13.8 Å². The van der Waals surface area contributed by atoms with E-state index in [9.17, 15) is 31.5 Å². The van der Waals surface area contributed by atoms with Gasteiger partial charge in [0, 0.05) is 22.6 Å². The number of hydrogen-bond acceptors (Lipinski definition) is 4. The molecule has 0 fully saturated rings. The fraction of sp³-hybridized carbons (Fsp3) is 0.250. The first-order chi connectivity index (χ1) is 15.9. The van der Waals surface area contributed by atoms with Gasteiger partial charge in [0.25, 0.3) is 0 Å². The lowest BCUT2D eigenvalue weighted by molar-refractivity contribution is -0.137. The van der Waals surface area contributed by atoms with Crippen molar-refractivity contribution in [3.05, 3.63) is 82.7 Å². The second-order valence-corrected chi connectivity index (χ2v) is 7.48. The van der Waals surface area contributed by atoms with Gasteiger partial charge in [0.15, 0.2) is 6.10 Å². The predicted octanol–water partition coefficient (Wildman–Crippen LogP) is 6.14. The average Bonchev–Trinajstić information content (AvgIpc) is 3.06. The Bertz CT molecular complexity index is 1180. The SMILES string of the molecule is Cc1cc(C(=O)C(C)OC(=O)c2ccc(C(F)(F)F)cc2)c(C)n1-c1ccc(OC(F)F)cc1. The zero-order chi connectivity index (χ0) is 25.2. The highest BCUT2D eigenvalue weighted by molar-refractivity contribution is 6.02. The second kappa shape index (κ2) is 9.66. The van der Waals surface area contributed by atoms with Crippen LogP contribution in [0.25, 0.3) is 5.69 Å². The Labute approximate surface area is 191 Å². The summed E-state index contributed by atoms with van der Waals surface area (Å²) >= 11 is 0. The quantitative estimate of drug-likeness (QED) is 0.231. The Morgan fingerprint density at radius 2 is 1.53 bits per heavy atom. The number of benzene rings is 2. The smallest absolute Gasteiger partial charge is 0.416 e. The molecule has 0 saturated carbocycles. The van der Waals surface area contributed by atoms with E-state index in [4.69, 9.17) is 4.74 Å². The number of alkyl halides is 5. The minimum absolute atomic E-state index is 0.0127. The van der Waals surface area contributed by atoms with E-state index in [2.05, 4.69) is 4.74 Å². The van der Waals surface area contributed by atoms with E-state index in [-0.39, 0.29) is 16.9 Å². The third-order valence-electron chi connectivity index (χ3n) is 5.12. The molecule has 0 bridgehead atoms. The van der Waals surface area contributed by atoms with Crippen molar-refractivity contribution in [2.45, 2.75) is 39.7 Å². The van der Waals surface area contributed by atoms with Crippen LogP contribution in [0.5, 0.6) is 5.75 Å². The van der Waals surface area contributed by atoms with E-state index in [1.807, 2.05) is 0 Å². The summed E-state index contributed by atoms with van der Waals surface area (Å²) in [6.45, 7) is 1.84. The molecule has 5 nitrogen and oxygen atoms in total. The number of ether oxygens (including phenoxy) is 2. The van der Waals surface area contributed by atoms with Crippen LogP contribution in [-0.4, -0.2) is 29.0 Å². The topological polar surface area (TPSA) is 57.5 Å². The summed E-state index contributed by atoms with van der Waals surface area (Å²) in [4.78, 5) is 25.3. The molecule has 0 spiro atoms. The number of nitrogens with zero attached hydrogens (tertiary/aromatic N) is 1. The first-order valence-electron chi connectivity index (χ1n) is 10.0. The van der Waals surface area contributed by atoms with Crippen molar-refractivity contribution in [3.8, 4) is 11.4 Å². The van der Waals surface area contributed by atoms with Crippen LogP contribution in [0.15, 0.2) is 54.6 Å². The molecule has 1 atom stereocenters. The summed E-state index contributed by atoms with van der Waals surface area (Å²) in [6.07, 6.45) is -5.74. The molecule has 10 heteroatoms. The number of aromatic nitrogens is 1. The fourth-order valence-corrected chi connectivity index (χ4v) is 3.48. The predicted molar refractivity (Wildman–Crippen MR) is 113 cm³/mol. The average molecular weight is 481 g/mol. The van der Waals surface area contributed by atoms with Crippen molar-refractivity contribution in [2.75, 3.05) is 0 Å². The van der Waals surface area contributed by atoms with E-state index >= 15 is 0 Å². The Balaban J connectivity index is 1.76. The minimum atomic E-state index is -4.54. The molecule has 0 aliphatic rings. The second-order valence-electron chi connectivity index (χ2n) is 7.48. The van der Waals surface area contributed by atoms with Gasteiger partial charge in [0.2, 0.25) is 5.78 Å². The number of esters is 1. The van der Waals surface area contributed by atoms with E-state index in [0.717, 1.165) is 24.3 Å². The van der Waals surface area contributed by atoms with Crippen molar-refractivity contribution in [1.29, 1.82) is 0 Å². The van der Waals surface area contributed by atoms with Gasteiger partial charge in [-0.15, -0.1) is 0 Å². The highest BCUT2D eigenvalue weighted by Gasteiger charge is 2.31. The van der Waals surface area contributed by atoms with Crippen LogP contribution in [0.3, 0.4) is 0 Å². The Kier molecular flexibility index (Phi) is 7.09.